The minimum atomic E-state index is -0.686. The number of H-pyrrole nitrogens is 1. The minimum Gasteiger partial charge on any atom is -0.383 e. The van der Waals surface area contributed by atoms with Gasteiger partial charge in [-0.1, -0.05) is 42.0 Å². The highest BCUT2D eigenvalue weighted by atomic mass is 16.2. The maximum atomic E-state index is 12.6. The van der Waals surface area contributed by atoms with Crippen LogP contribution in [0.5, 0.6) is 0 Å². The molecule has 1 amide bonds. The highest BCUT2D eigenvalue weighted by Crippen LogP contribution is 2.16. The summed E-state index contributed by atoms with van der Waals surface area (Å²) >= 11 is 0. The first kappa shape index (κ1) is 21.2. The minimum absolute atomic E-state index is 0.0313. The summed E-state index contributed by atoms with van der Waals surface area (Å²) in [5.74, 6) is -0.341. The van der Waals surface area contributed by atoms with Crippen molar-refractivity contribution in [2.75, 3.05) is 37.8 Å². The van der Waals surface area contributed by atoms with Crippen LogP contribution in [-0.4, -0.2) is 47.5 Å². The number of aromatic amines is 1. The number of rotatable bonds is 7. The van der Waals surface area contributed by atoms with Gasteiger partial charge in [-0.05, 0) is 26.5 Å². The fourth-order valence-electron chi connectivity index (χ4n) is 2.69. The monoisotopic (exact) mass is 385 g/mol. The number of carbonyl (C=O) groups excluding carboxylic acids is 1. The summed E-state index contributed by atoms with van der Waals surface area (Å²) in [5.41, 5.74) is 6.80. The molecule has 0 fully saturated rings. The molecular weight excluding hydrogens is 358 g/mol. The zero-order chi connectivity index (χ0) is 20.8. The molecule has 0 unspecified atom stereocenters. The van der Waals surface area contributed by atoms with Gasteiger partial charge in [0.15, 0.2) is 5.69 Å². The van der Waals surface area contributed by atoms with E-state index in [0.717, 1.165) is 11.1 Å². The Kier molecular flexibility index (Phi) is 6.94. The Labute approximate surface area is 163 Å². The second-order valence-corrected chi connectivity index (χ2v) is 7.00. The lowest BCUT2D eigenvalue weighted by Gasteiger charge is -2.23. The molecule has 0 saturated heterocycles. The Morgan fingerprint density at radius 3 is 2.43 bits per heavy atom. The van der Waals surface area contributed by atoms with E-state index in [0.29, 0.717) is 6.54 Å². The van der Waals surface area contributed by atoms with Gasteiger partial charge in [-0.2, -0.15) is 0 Å². The smallest absolute Gasteiger partial charge is 0.330 e. The molecular formula is C20H27N5O3. The lowest BCUT2D eigenvalue weighted by atomic mass is 10.2. The van der Waals surface area contributed by atoms with E-state index in [1.807, 2.05) is 62.2 Å². The number of likely N-dealkylation sites (N-methyl/N-ethyl adjacent to an activating group) is 2. The normalized spacial score (nSPS) is 10.8. The predicted octanol–water partition coefficient (Wildman–Crippen LogP) is 1.03. The van der Waals surface area contributed by atoms with Gasteiger partial charge in [-0.25, -0.2) is 4.79 Å². The second kappa shape index (κ2) is 9.18. The van der Waals surface area contributed by atoms with Gasteiger partial charge < -0.3 is 10.6 Å². The van der Waals surface area contributed by atoms with Gasteiger partial charge in [0.25, 0.3) is 5.56 Å². The van der Waals surface area contributed by atoms with Crippen molar-refractivity contribution < 1.29 is 4.79 Å². The van der Waals surface area contributed by atoms with Crippen LogP contribution in [-0.2, 0) is 11.3 Å². The zero-order valence-corrected chi connectivity index (χ0v) is 16.7. The van der Waals surface area contributed by atoms with Crippen molar-refractivity contribution in [3.05, 3.63) is 68.4 Å². The van der Waals surface area contributed by atoms with Gasteiger partial charge in [0, 0.05) is 13.6 Å². The number of hydrogen-bond donors (Lipinski definition) is 2. The van der Waals surface area contributed by atoms with E-state index in [2.05, 4.69) is 4.98 Å². The highest BCUT2D eigenvalue weighted by Gasteiger charge is 2.21. The second-order valence-electron chi connectivity index (χ2n) is 7.00. The highest BCUT2D eigenvalue weighted by molar-refractivity contribution is 5.96. The molecule has 0 aliphatic rings. The van der Waals surface area contributed by atoms with E-state index >= 15 is 0 Å². The average molecular weight is 385 g/mol. The van der Waals surface area contributed by atoms with Gasteiger partial charge in [0.05, 0.1) is 13.1 Å². The zero-order valence-electron chi connectivity index (χ0n) is 16.7. The number of nitrogens with two attached hydrogens (primary N) is 1. The quantitative estimate of drug-likeness (QED) is 0.693. The van der Waals surface area contributed by atoms with Crippen molar-refractivity contribution in [2.45, 2.75) is 20.4 Å². The molecule has 1 aromatic carbocycles. The largest absolute Gasteiger partial charge is 0.383 e. The van der Waals surface area contributed by atoms with Crippen LogP contribution in [0, 0.1) is 0 Å². The fraction of sp³-hybridized carbons (Fsp3) is 0.350. The first-order valence-electron chi connectivity index (χ1n) is 8.95. The van der Waals surface area contributed by atoms with Crippen LogP contribution < -0.4 is 21.9 Å². The third-order valence-corrected chi connectivity index (χ3v) is 4.32. The van der Waals surface area contributed by atoms with Crippen LogP contribution in [0.15, 0.2) is 51.6 Å². The first-order valence-corrected chi connectivity index (χ1v) is 8.95. The van der Waals surface area contributed by atoms with Crippen LogP contribution >= 0.6 is 0 Å². The Morgan fingerprint density at radius 2 is 1.82 bits per heavy atom. The van der Waals surface area contributed by atoms with Crippen LogP contribution in [0.4, 0.5) is 11.5 Å². The van der Waals surface area contributed by atoms with Crippen molar-refractivity contribution in [3.8, 4) is 0 Å². The summed E-state index contributed by atoms with van der Waals surface area (Å²) in [4.78, 5) is 42.5. The molecule has 2 rings (SSSR count). The molecule has 0 radical (unpaired) electrons. The van der Waals surface area contributed by atoms with E-state index < -0.39 is 11.2 Å². The maximum absolute atomic E-state index is 12.6. The van der Waals surface area contributed by atoms with Crippen LogP contribution in [0.3, 0.4) is 0 Å². The first-order chi connectivity index (χ1) is 13.2. The molecule has 0 aliphatic carbocycles. The van der Waals surface area contributed by atoms with Crippen LogP contribution in [0.25, 0.3) is 0 Å². The Bertz CT molecular complexity index is 972. The number of aromatic nitrogens is 2. The average Bonchev–Trinajstić information content (AvgIpc) is 2.64. The summed E-state index contributed by atoms with van der Waals surface area (Å²) in [6.07, 6.45) is 2.01. The number of nitrogens with zero attached hydrogens (tertiary/aromatic N) is 3. The number of carbonyl (C=O) groups is 1. The van der Waals surface area contributed by atoms with Gasteiger partial charge in [-0.3, -0.25) is 24.0 Å². The summed E-state index contributed by atoms with van der Waals surface area (Å²) < 4.78 is 1.25. The molecule has 1 aromatic heterocycles. The van der Waals surface area contributed by atoms with Crippen molar-refractivity contribution >= 4 is 17.4 Å². The van der Waals surface area contributed by atoms with E-state index in [4.69, 9.17) is 5.73 Å². The number of nitrogen functional groups attached to an aromatic ring is 1. The van der Waals surface area contributed by atoms with E-state index in [1.54, 1.807) is 0 Å². The lowest BCUT2D eigenvalue weighted by molar-refractivity contribution is -0.119. The molecule has 3 N–H and O–H groups in total. The molecule has 0 spiro atoms. The van der Waals surface area contributed by atoms with Crippen LogP contribution in [0.2, 0.25) is 0 Å². The third kappa shape index (κ3) is 5.20. The van der Waals surface area contributed by atoms with E-state index in [-0.39, 0.29) is 30.5 Å². The predicted molar refractivity (Wildman–Crippen MR) is 112 cm³/mol. The summed E-state index contributed by atoms with van der Waals surface area (Å²) in [6.45, 7) is 4.88. The topological polar surface area (TPSA) is 104 Å². The Balaban J connectivity index is 2.30. The number of benzene rings is 1. The molecule has 8 nitrogen and oxygen atoms in total. The summed E-state index contributed by atoms with van der Waals surface area (Å²) in [6, 6.07) is 9.27. The van der Waals surface area contributed by atoms with Crippen LogP contribution in [0.1, 0.15) is 19.4 Å². The van der Waals surface area contributed by atoms with Gasteiger partial charge in [-0.15, -0.1) is 0 Å². The molecule has 8 heteroatoms. The summed E-state index contributed by atoms with van der Waals surface area (Å²) in [5, 5.41) is 0. The fourth-order valence-corrected chi connectivity index (χ4v) is 2.69. The van der Waals surface area contributed by atoms with Gasteiger partial charge in [0.2, 0.25) is 5.91 Å². The number of allylic oxidation sites excluding steroid dienone is 1. The molecule has 0 aliphatic heterocycles. The lowest BCUT2D eigenvalue weighted by Crippen LogP contribution is -2.42. The summed E-state index contributed by atoms with van der Waals surface area (Å²) in [7, 11) is 3.30. The molecule has 0 atom stereocenters. The van der Waals surface area contributed by atoms with E-state index in [9.17, 15) is 14.4 Å². The maximum Gasteiger partial charge on any atom is 0.330 e. The Morgan fingerprint density at radius 1 is 1.18 bits per heavy atom. The Hall–Kier alpha value is -3.13. The molecule has 28 heavy (non-hydrogen) atoms. The van der Waals surface area contributed by atoms with Crippen molar-refractivity contribution in [1.29, 1.82) is 0 Å². The van der Waals surface area contributed by atoms with Crippen molar-refractivity contribution in [1.82, 2.24) is 14.5 Å². The third-order valence-electron chi connectivity index (χ3n) is 4.32. The number of hydrogen-bond acceptors (Lipinski definition) is 5. The van der Waals surface area contributed by atoms with E-state index in [1.165, 1.54) is 16.5 Å². The SMILES string of the molecule is CC(C)=CCN(C)CC(=O)N(C)c1c(N)n(Cc2ccccc2)c(=O)[nH]c1=O. The number of anilines is 2. The van der Waals surface area contributed by atoms with Gasteiger partial charge >= 0.3 is 5.69 Å². The molecule has 2 aromatic rings. The number of nitrogens with one attached hydrogen (secondary N) is 1. The van der Waals surface area contributed by atoms with Gasteiger partial charge in [0.1, 0.15) is 5.82 Å². The van der Waals surface area contributed by atoms with Crippen molar-refractivity contribution in [2.24, 2.45) is 0 Å². The molecule has 1 heterocycles. The molecule has 0 saturated carbocycles. The standard InChI is InChI=1S/C20H27N5O3/c1-14(2)10-11-23(3)13-16(26)24(4)17-18(21)25(20(28)22-19(17)27)12-15-8-6-5-7-9-15/h5-10H,11-13,21H2,1-4H3,(H,22,27,28). The molecule has 0 bridgehead atoms. The molecule has 150 valence electrons. The number of amides is 1. The van der Waals surface area contributed by atoms with Crippen molar-refractivity contribution in [3.63, 3.8) is 0 Å².